The molecule has 18 heavy (non-hydrogen) atoms. The van der Waals surface area contributed by atoms with Gasteiger partial charge in [-0.05, 0) is 50.4 Å². The average molecular weight is 402 g/mol. The van der Waals surface area contributed by atoms with Gasteiger partial charge in [0.25, 0.3) is 0 Å². The summed E-state index contributed by atoms with van der Waals surface area (Å²) in [4.78, 5) is 0.147. The molecular weight excluding hydrogens is 388 g/mol. The van der Waals surface area contributed by atoms with Crippen molar-refractivity contribution in [3.63, 3.8) is 0 Å². The molecule has 0 radical (unpaired) electrons. The number of anilines is 1. The second-order valence-corrected chi connectivity index (χ2v) is 6.97. The van der Waals surface area contributed by atoms with Gasteiger partial charge in [-0.15, -0.1) is 0 Å². The summed E-state index contributed by atoms with van der Waals surface area (Å²) in [6.07, 6.45) is 0.611. The van der Waals surface area contributed by atoms with Gasteiger partial charge in [-0.2, -0.15) is 0 Å². The highest BCUT2D eigenvalue weighted by atomic mass is 79.9. The largest absolute Gasteiger partial charge is 0.399 e. The molecule has 3 N–H and O–H groups in total. The molecule has 0 fully saturated rings. The highest BCUT2D eigenvalue weighted by Crippen LogP contribution is 2.32. The lowest BCUT2D eigenvalue weighted by Crippen LogP contribution is -2.26. The third-order valence-corrected chi connectivity index (χ3v) is 5.44. The smallest absolute Gasteiger partial charge is 0.242 e. The fourth-order valence-corrected chi connectivity index (χ4v) is 5.02. The minimum atomic E-state index is -3.57. The number of halogens is 2. The summed E-state index contributed by atoms with van der Waals surface area (Å²) in [6, 6.07) is 3.10. The first-order valence-corrected chi connectivity index (χ1v) is 8.18. The van der Waals surface area contributed by atoms with E-state index in [9.17, 15) is 8.42 Å². The van der Waals surface area contributed by atoms with E-state index in [1.807, 2.05) is 0 Å². The first kappa shape index (κ1) is 15.9. The van der Waals surface area contributed by atoms with Gasteiger partial charge in [0, 0.05) is 34.9 Å². The molecule has 0 heterocycles. The van der Waals surface area contributed by atoms with Crippen LogP contribution < -0.4 is 10.5 Å². The Bertz CT molecular complexity index is 497. The van der Waals surface area contributed by atoms with Gasteiger partial charge in [0.15, 0.2) is 0 Å². The minimum absolute atomic E-state index is 0.147. The van der Waals surface area contributed by atoms with E-state index in [2.05, 4.69) is 36.6 Å². The fourth-order valence-electron chi connectivity index (χ4n) is 1.33. The normalized spacial score (nSPS) is 11.7. The Morgan fingerprint density at radius 2 is 1.89 bits per heavy atom. The van der Waals surface area contributed by atoms with Crippen LogP contribution in [-0.2, 0) is 14.8 Å². The number of hydrogen-bond donors (Lipinski definition) is 2. The van der Waals surface area contributed by atoms with Gasteiger partial charge in [0.05, 0.1) is 0 Å². The molecule has 0 saturated heterocycles. The number of hydrogen-bond acceptors (Lipinski definition) is 4. The van der Waals surface area contributed by atoms with E-state index in [1.54, 1.807) is 19.2 Å². The molecule has 1 rings (SSSR count). The lowest BCUT2D eigenvalue weighted by Gasteiger charge is -2.11. The third-order valence-electron chi connectivity index (χ3n) is 2.11. The molecule has 0 aliphatic carbocycles. The zero-order chi connectivity index (χ0) is 13.8. The van der Waals surface area contributed by atoms with Crippen LogP contribution in [0.15, 0.2) is 26.0 Å². The standard InChI is InChI=1S/C10H14Br2N2O3S/c1-17-4-2-3-14-18(15,16)10-8(11)5-7(13)6-9(10)12/h5-6,14H,2-4,13H2,1H3. The van der Waals surface area contributed by atoms with E-state index in [1.165, 1.54) is 0 Å². The second kappa shape index (κ2) is 6.85. The van der Waals surface area contributed by atoms with Crippen molar-refractivity contribution >= 4 is 47.6 Å². The molecule has 0 aliphatic heterocycles. The Balaban J connectivity index is 2.92. The van der Waals surface area contributed by atoms with E-state index in [-0.39, 0.29) is 4.90 Å². The Kier molecular flexibility index (Phi) is 6.06. The SMILES string of the molecule is COCCCNS(=O)(=O)c1c(Br)cc(N)cc1Br. The van der Waals surface area contributed by atoms with Crippen LogP contribution in [0.25, 0.3) is 0 Å². The lowest BCUT2D eigenvalue weighted by molar-refractivity contribution is 0.196. The van der Waals surface area contributed by atoms with E-state index >= 15 is 0 Å². The molecule has 0 bridgehead atoms. The number of nitrogens with one attached hydrogen (secondary N) is 1. The van der Waals surface area contributed by atoms with Gasteiger partial charge in [0.1, 0.15) is 4.90 Å². The fraction of sp³-hybridized carbons (Fsp3) is 0.400. The van der Waals surface area contributed by atoms with Crippen molar-refractivity contribution in [1.29, 1.82) is 0 Å². The number of ether oxygens (including phenoxy) is 1. The highest BCUT2D eigenvalue weighted by Gasteiger charge is 2.21. The van der Waals surface area contributed by atoms with Crippen molar-refractivity contribution in [3.05, 3.63) is 21.1 Å². The Labute approximate surface area is 123 Å². The number of methoxy groups -OCH3 is 1. The predicted molar refractivity (Wildman–Crippen MR) is 77.9 cm³/mol. The zero-order valence-corrected chi connectivity index (χ0v) is 13.7. The van der Waals surface area contributed by atoms with E-state index in [0.717, 1.165) is 0 Å². The minimum Gasteiger partial charge on any atom is -0.399 e. The molecule has 0 atom stereocenters. The maximum atomic E-state index is 12.1. The molecule has 8 heteroatoms. The molecule has 1 aromatic carbocycles. The molecule has 0 saturated carbocycles. The van der Waals surface area contributed by atoms with Crippen molar-refractivity contribution in [3.8, 4) is 0 Å². The monoisotopic (exact) mass is 400 g/mol. The first-order chi connectivity index (χ1) is 8.38. The number of nitrogen functional groups attached to an aromatic ring is 1. The van der Waals surface area contributed by atoms with Crippen molar-refractivity contribution in [2.75, 3.05) is 26.0 Å². The number of nitrogens with two attached hydrogens (primary N) is 1. The molecule has 0 spiro atoms. The second-order valence-electron chi connectivity index (χ2n) is 3.56. The molecule has 0 unspecified atom stereocenters. The Hall–Kier alpha value is -0.150. The van der Waals surface area contributed by atoms with Crippen LogP contribution in [0.1, 0.15) is 6.42 Å². The Morgan fingerprint density at radius 3 is 2.39 bits per heavy atom. The molecule has 0 aliphatic rings. The summed E-state index contributed by atoms with van der Waals surface area (Å²) < 4.78 is 32.4. The lowest BCUT2D eigenvalue weighted by atomic mass is 10.3. The maximum Gasteiger partial charge on any atom is 0.242 e. The quantitative estimate of drug-likeness (QED) is 0.565. The van der Waals surface area contributed by atoms with Gasteiger partial charge in [0.2, 0.25) is 10.0 Å². The molecule has 0 amide bonds. The molecule has 102 valence electrons. The van der Waals surface area contributed by atoms with Gasteiger partial charge in [-0.1, -0.05) is 0 Å². The maximum absolute atomic E-state index is 12.1. The number of benzene rings is 1. The van der Waals surface area contributed by atoms with Gasteiger partial charge < -0.3 is 10.5 Å². The summed E-state index contributed by atoms with van der Waals surface area (Å²) in [5.41, 5.74) is 6.10. The summed E-state index contributed by atoms with van der Waals surface area (Å²) in [5, 5.41) is 0. The van der Waals surface area contributed by atoms with E-state index < -0.39 is 10.0 Å². The van der Waals surface area contributed by atoms with Gasteiger partial charge >= 0.3 is 0 Å². The van der Waals surface area contributed by atoms with E-state index in [0.29, 0.717) is 34.2 Å². The summed E-state index contributed by atoms with van der Waals surface area (Å²) in [5.74, 6) is 0. The van der Waals surface area contributed by atoms with Crippen LogP contribution in [0.5, 0.6) is 0 Å². The van der Waals surface area contributed by atoms with Crippen LogP contribution in [0, 0.1) is 0 Å². The third kappa shape index (κ3) is 4.20. The topological polar surface area (TPSA) is 81.4 Å². The molecule has 0 aromatic heterocycles. The van der Waals surface area contributed by atoms with E-state index in [4.69, 9.17) is 10.5 Å². The number of rotatable bonds is 6. The summed E-state index contributed by atoms with van der Waals surface area (Å²) in [7, 11) is -2.00. The first-order valence-electron chi connectivity index (χ1n) is 5.11. The zero-order valence-electron chi connectivity index (χ0n) is 9.74. The number of sulfonamides is 1. The van der Waals surface area contributed by atoms with Crippen molar-refractivity contribution in [1.82, 2.24) is 4.72 Å². The molecule has 5 nitrogen and oxygen atoms in total. The molecule has 1 aromatic rings. The molecular formula is C10H14Br2N2O3S. The van der Waals surface area contributed by atoms with Crippen LogP contribution >= 0.6 is 31.9 Å². The highest BCUT2D eigenvalue weighted by molar-refractivity contribution is 9.11. The average Bonchev–Trinajstić information content (AvgIpc) is 2.22. The predicted octanol–water partition coefficient (Wildman–Crippen LogP) is 2.11. The van der Waals surface area contributed by atoms with Crippen LogP contribution in [0.4, 0.5) is 5.69 Å². The summed E-state index contributed by atoms with van der Waals surface area (Å²) in [6.45, 7) is 0.825. The van der Waals surface area contributed by atoms with Crippen molar-refractivity contribution in [2.45, 2.75) is 11.3 Å². The Morgan fingerprint density at radius 1 is 1.33 bits per heavy atom. The van der Waals surface area contributed by atoms with Crippen molar-refractivity contribution in [2.24, 2.45) is 0 Å². The van der Waals surface area contributed by atoms with Gasteiger partial charge in [-0.25, -0.2) is 13.1 Å². The van der Waals surface area contributed by atoms with Gasteiger partial charge in [-0.3, -0.25) is 0 Å². The van der Waals surface area contributed by atoms with Crippen LogP contribution in [0.2, 0.25) is 0 Å². The van der Waals surface area contributed by atoms with Crippen molar-refractivity contribution < 1.29 is 13.2 Å². The van der Waals surface area contributed by atoms with Crippen LogP contribution in [0.3, 0.4) is 0 Å². The summed E-state index contributed by atoms with van der Waals surface area (Å²) >= 11 is 6.41. The van der Waals surface area contributed by atoms with Crippen LogP contribution in [-0.4, -0.2) is 28.7 Å².